The normalized spacial score (nSPS) is 9.11. The molecule has 0 amide bonds. The Morgan fingerprint density at radius 1 is 1.22 bits per heavy atom. The lowest BCUT2D eigenvalue weighted by molar-refractivity contribution is 1.47. The molecule has 0 bridgehead atoms. The molecule has 9 heavy (non-hydrogen) atoms. The first kappa shape index (κ1) is 6.53. The van der Waals surface area contributed by atoms with Gasteiger partial charge in [0.1, 0.15) is 0 Å². The molecule has 2 nitrogen and oxygen atoms in total. The molecule has 1 aromatic carbocycles. The average Bonchev–Trinajstić information content (AvgIpc) is 1.90. The highest BCUT2D eigenvalue weighted by Gasteiger charge is 1.82. The summed E-state index contributed by atoms with van der Waals surface area (Å²) in [6.45, 7) is 0. The zero-order valence-electron chi connectivity index (χ0n) is 4.91. The third-order valence-electron chi connectivity index (χ3n) is 1.03. The number of hydrogen-bond acceptors (Lipinski definition) is 1. The monoisotopic (exact) mass is 139 g/mol. The van der Waals surface area contributed by atoms with Crippen LogP contribution < -0.4 is 4.78 Å². The lowest BCUT2D eigenvalue weighted by atomic mass is 10.3. The minimum Gasteiger partial charge on any atom is -0.580 e. The van der Waals surface area contributed by atoms with Crippen LogP contribution in [0.2, 0.25) is 0 Å². The van der Waals surface area contributed by atoms with Crippen molar-refractivity contribution in [3.05, 3.63) is 36.2 Å². The van der Waals surface area contributed by atoms with E-state index in [4.69, 9.17) is 5.84 Å². The van der Waals surface area contributed by atoms with Crippen LogP contribution in [0.1, 0.15) is 0 Å². The van der Waals surface area contributed by atoms with Gasteiger partial charge in [-0.2, -0.15) is 0 Å². The molecule has 0 saturated heterocycles. The maximum atomic E-state index is 7.12. The molecule has 0 radical (unpaired) electrons. The third kappa shape index (κ3) is 1.67. The molecule has 0 spiro atoms. The quantitative estimate of drug-likeness (QED) is 0.433. The van der Waals surface area contributed by atoms with Crippen LogP contribution in [0.15, 0.2) is 30.3 Å². The van der Waals surface area contributed by atoms with E-state index < -0.39 is 0 Å². The predicted molar refractivity (Wildman–Crippen MR) is 43.0 cm³/mol. The highest BCUT2D eigenvalue weighted by molar-refractivity contribution is 7.19. The number of nitrogens with one attached hydrogen (secondary N) is 1. The van der Waals surface area contributed by atoms with Crippen molar-refractivity contribution in [1.29, 1.82) is 0 Å². The maximum absolute atomic E-state index is 7.12. The van der Waals surface area contributed by atoms with Gasteiger partial charge in [0.15, 0.2) is 0 Å². The first-order valence-corrected chi connectivity index (χ1v) is 3.13. The Kier molecular flexibility index (Phi) is 2.04. The van der Waals surface area contributed by atoms with E-state index in [1.165, 1.54) is 4.78 Å². The fraction of sp³-hybridized carbons (Fsp3) is 0. The largest absolute Gasteiger partial charge is 0.580 e. The second kappa shape index (κ2) is 2.81. The molecule has 0 saturated carbocycles. The van der Waals surface area contributed by atoms with Crippen LogP contribution in [0.3, 0.4) is 0 Å². The number of hydrogen-bond donors (Lipinski definition) is 0. The van der Waals surface area contributed by atoms with E-state index in [9.17, 15) is 0 Å². The SMILES string of the molecule is [NH-]N(P)c1ccccc1. The van der Waals surface area contributed by atoms with E-state index in [2.05, 4.69) is 9.39 Å². The van der Waals surface area contributed by atoms with Crippen LogP contribution in [-0.4, -0.2) is 0 Å². The van der Waals surface area contributed by atoms with Crippen molar-refractivity contribution in [2.75, 3.05) is 4.78 Å². The molecule has 0 aromatic heterocycles. The molecule has 1 rings (SSSR count). The number of nitrogens with zero attached hydrogens (tertiary/aromatic N) is 1. The van der Waals surface area contributed by atoms with Gasteiger partial charge in [0.25, 0.3) is 0 Å². The summed E-state index contributed by atoms with van der Waals surface area (Å²) in [5.41, 5.74) is 0.877. The molecule has 1 aromatic rings. The molecule has 0 heterocycles. The standard InChI is InChI=1S/C6H8N2P/c7-8(9)6-4-2-1-3-5-6/h1-5,7H,9H2/q-1. The minimum atomic E-state index is 0.877. The van der Waals surface area contributed by atoms with Crippen LogP contribution in [0.25, 0.3) is 5.84 Å². The topological polar surface area (TPSA) is 27.0 Å². The van der Waals surface area contributed by atoms with Crippen molar-refractivity contribution in [3.63, 3.8) is 0 Å². The molecule has 1 atom stereocenters. The van der Waals surface area contributed by atoms with Crippen LogP contribution in [0, 0.1) is 0 Å². The van der Waals surface area contributed by atoms with Gasteiger partial charge in [-0.05, 0) is 12.1 Å². The first-order chi connectivity index (χ1) is 4.30. The van der Waals surface area contributed by atoms with Crippen molar-refractivity contribution in [2.24, 2.45) is 0 Å². The second-order valence-electron chi connectivity index (χ2n) is 1.71. The van der Waals surface area contributed by atoms with Crippen LogP contribution >= 0.6 is 9.39 Å². The zero-order valence-corrected chi connectivity index (χ0v) is 6.07. The molecule has 0 aliphatic carbocycles. The summed E-state index contributed by atoms with van der Waals surface area (Å²) in [6.07, 6.45) is 0. The van der Waals surface area contributed by atoms with Gasteiger partial charge in [0, 0.05) is 5.69 Å². The molecule has 48 valence electrons. The molecular formula is C6H8N2P-. The van der Waals surface area contributed by atoms with E-state index >= 15 is 0 Å². The van der Waals surface area contributed by atoms with Gasteiger partial charge >= 0.3 is 0 Å². The molecule has 1 N–H and O–H groups in total. The van der Waals surface area contributed by atoms with Crippen molar-refractivity contribution in [1.82, 2.24) is 0 Å². The Morgan fingerprint density at radius 3 is 2.11 bits per heavy atom. The van der Waals surface area contributed by atoms with Crippen LogP contribution in [-0.2, 0) is 0 Å². The van der Waals surface area contributed by atoms with E-state index in [1.54, 1.807) is 0 Å². The Morgan fingerprint density at radius 2 is 1.78 bits per heavy atom. The number of benzene rings is 1. The molecule has 0 aliphatic rings. The van der Waals surface area contributed by atoms with Gasteiger partial charge in [-0.1, -0.05) is 27.6 Å². The lowest BCUT2D eigenvalue weighted by Gasteiger charge is -2.21. The van der Waals surface area contributed by atoms with Crippen molar-refractivity contribution >= 4 is 15.1 Å². The minimum absolute atomic E-state index is 0.877. The highest BCUT2D eigenvalue weighted by Crippen LogP contribution is 2.15. The first-order valence-electron chi connectivity index (χ1n) is 2.62. The van der Waals surface area contributed by atoms with E-state index in [1.807, 2.05) is 30.3 Å². The van der Waals surface area contributed by atoms with Gasteiger partial charge in [-0.15, -0.1) is 0 Å². The lowest BCUT2D eigenvalue weighted by Crippen LogP contribution is -1.91. The second-order valence-corrected chi connectivity index (χ2v) is 2.22. The Bertz CT molecular complexity index is 174. The summed E-state index contributed by atoms with van der Waals surface area (Å²) in [4.78, 5) is 0. The van der Waals surface area contributed by atoms with Gasteiger partial charge in [-0.3, -0.25) is 0 Å². The average molecular weight is 139 g/mol. The van der Waals surface area contributed by atoms with Crippen molar-refractivity contribution in [2.45, 2.75) is 0 Å². The summed E-state index contributed by atoms with van der Waals surface area (Å²) in [5.74, 6) is 7.12. The Hall–Kier alpha value is -0.590. The fourth-order valence-electron chi connectivity index (χ4n) is 0.589. The summed E-state index contributed by atoms with van der Waals surface area (Å²) in [6, 6.07) is 9.49. The highest BCUT2D eigenvalue weighted by atomic mass is 31.0. The van der Waals surface area contributed by atoms with Gasteiger partial charge in [0.05, 0.1) is 0 Å². The Labute approximate surface area is 56.9 Å². The fourth-order valence-corrected chi connectivity index (χ4v) is 0.761. The van der Waals surface area contributed by atoms with Gasteiger partial charge in [-0.25, -0.2) is 0 Å². The summed E-state index contributed by atoms with van der Waals surface area (Å²) >= 11 is 0. The van der Waals surface area contributed by atoms with Gasteiger partial charge < -0.3 is 10.6 Å². The summed E-state index contributed by atoms with van der Waals surface area (Å²) < 4.78 is 1.25. The van der Waals surface area contributed by atoms with Crippen molar-refractivity contribution in [3.8, 4) is 0 Å². The predicted octanol–water partition coefficient (Wildman–Crippen LogP) is 2.25. The van der Waals surface area contributed by atoms with Crippen LogP contribution in [0.4, 0.5) is 5.69 Å². The number of para-hydroxylation sites is 1. The van der Waals surface area contributed by atoms with Crippen molar-refractivity contribution < 1.29 is 0 Å². The maximum Gasteiger partial charge on any atom is 0.0222 e. The summed E-state index contributed by atoms with van der Waals surface area (Å²) in [7, 11) is 2.27. The molecular weight excluding hydrogens is 131 g/mol. The number of anilines is 1. The summed E-state index contributed by atoms with van der Waals surface area (Å²) in [5, 5.41) is 0. The van der Waals surface area contributed by atoms with E-state index in [0.717, 1.165) is 5.69 Å². The third-order valence-corrected chi connectivity index (χ3v) is 1.33. The Balaban J connectivity index is 2.85. The van der Waals surface area contributed by atoms with Gasteiger partial charge in [0.2, 0.25) is 0 Å². The number of rotatable bonds is 1. The van der Waals surface area contributed by atoms with E-state index in [0.29, 0.717) is 0 Å². The zero-order chi connectivity index (χ0) is 6.69. The molecule has 0 aliphatic heterocycles. The molecule has 3 heteroatoms. The molecule has 1 unspecified atom stereocenters. The van der Waals surface area contributed by atoms with E-state index in [-0.39, 0.29) is 0 Å². The molecule has 0 fully saturated rings. The van der Waals surface area contributed by atoms with Crippen LogP contribution in [0.5, 0.6) is 0 Å². The smallest absolute Gasteiger partial charge is 0.0222 e.